The van der Waals surface area contributed by atoms with Gasteiger partial charge in [0.15, 0.2) is 0 Å². The Morgan fingerprint density at radius 1 is 1.43 bits per heavy atom. The third-order valence-corrected chi connectivity index (χ3v) is 3.88. The van der Waals surface area contributed by atoms with Crippen LogP contribution in [0.2, 0.25) is 0 Å². The lowest BCUT2D eigenvalue weighted by Gasteiger charge is -2.21. The highest BCUT2D eigenvalue weighted by Gasteiger charge is 2.40. The molecule has 9 nitrogen and oxygen atoms in total. The lowest BCUT2D eigenvalue weighted by Crippen LogP contribution is -2.36. The maximum atomic E-state index is 10.7. The van der Waals surface area contributed by atoms with Crippen molar-refractivity contribution in [3.8, 4) is 6.01 Å². The summed E-state index contributed by atoms with van der Waals surface area (Å²) in [6, 6.07) is 0.280. The molecule has 3 heterocycles. The Morgan fingerprint density at radius 2 is 2.26 bits per heavy atom. The van der Waals surface area contributed by atoms with Gasteiger partial charge >= 0.3 is 11.8 Å². The summed E-state index contributed by atoms with van der Waals surface area (Å²) < 4.78 is 9.23. The normalized spacial score (nSPS) is 19.6. The second-order valence-corrected chi connectivity index (χ2v) is 6.18. The Morgan fingerprint density at radius 3 is 2.96 bits per heavy atom. The molecule has 0 fully saturated rings. The molecule has 0 aliphatic carbocycles. The van der Waals surface area contributed by atoms with E-state index in [2.05, 4.69) is 22.2 Å². The Bertz CT molecular complexity index is 684. The van der Waals surface area contributed by atoms with Gasteiger partial charge in [-0.25, -0.2) is 4.68 Å². The van der Waals surface area contributed by atoms with Crippen molar-refractivity contribution < 1.29 is 9.66 Å². The predicted octanol–water partition coefficient (Wildman–Crippen LogP) is 1.97. The molecule has 0 aromatic carbocycles. The molecule has 0 N–H and O–H groups in total. The molecule has 0 spiro atoms. The monoisotopic (exact) mass is 320 g/mol. The Hall–Kier alpha value is -2.45. The van der Waals surface area contributed by atoms with E-state index in [4.69, 9.17) is 4.74 Å². The highest BCUT2D eigenvalue weighted by molar-refractivity contribution is 5.23. The third kappa shape index (κ3) is 3.33. The Labute approximate surface area is 133 Å². The summed E-state index contributed by atoms with van der Waals surface area (Å²) in [5.74, 6) is -0.194. The molecule has 0 amide bonds. The van der Waals surface area contributed by atoms with E-state index in [1.54, 1.807) is 9.25 Å². The lowest BCUT2D eigenvalue weighted by molar-refractivity contribution is -0.389. The third-order valence-electron chi connectivity index (χ3n) is 3.88. The topological polar surface area (TPSA) is 101 Å². The maximum absolute atomic E-state index is 10.7. The number of aromatic nitrogens is 5. The predicted molar refractivity (Wildman–Crippen MR) is 81.2 cm³/mol. The van der Waals surface area contributed by atoms with Crippen LogP contribution in [0.15, 0.2) is 12.4 Å². The molecule has 1 aliphatic heterocycles. The molecule has 1 atom stereocenters. The van der Waals surface area contributed by atoms with Crippen LogP contribution in [0.1, 0.15) is 38.8 Å². The summed E-state index contributed by atoms with van der Waals surface area (Å²) in [4.78, 5) is 14.1. The number of nitro groups is 1. The molecule has 0 saturated heterocycles. The van der Waals surface area contributed by atoms with Gasteiger partial charge in [-0.15, -0.1) is 5.10 Å². The number of aryl methyl sites for hydroxylation is 1. The Balaban J connectivity index is 1.62. The van der Waals surface area contributed by atoms with E-state index in [0.29, 0.717) is 13.1 Å². The largest absolute Gasteiger partial charge is 0.436 e. The van der Waals surface area contributed by atoms with Gasteiger partial charge in [-0.3, -0.25) is 4.57 Å². The number of nitrogens with zero attached hydrogens (tertiary/aromatic N) is 6. The molecule has 9 heteroatoms. The van der Waals surface area contributed by atoms with Crippen LogP contribution in [0.3, 0.4) is 0 Å². The van der Waals surface area contributed by atoms with Crippen LogP contribution < -0.4 is 4.74 Å². The number of rotatable bonds is 7. The van der Waals surface area contributed by atoms with Crippen molar-refractivity contribution in [2.45, 2.75) is 58.2 Å². The molecule has 0 bridgehead atoms. The smallest absolute Gasteiger partial charge is 0.415 e. The summed E-state index contributed by atoms with van der Waals surface area (Å²) in [5.41, 5.74) is 0.444. The first-order valence-corrected chi connectivity index (χ1v) is 7.79. The lowest BCUT2D eigenvalue weighted by atomic mass is 10.1. The van der Waals surface area contributed by atoms with E-state index in [1.807, 2.05) is 13.1 Å². The van der Waals surface area contributed by atoms with Gasteiger partial charge in [0.25, 0.3) is 0 Å². The molecule has 0 unspecified atom stereocenters. The summed E-state index contributed by atoms with van der Waals surface area (Å²) in [6.45, 7) is 5.12. The fourth-order valence-electron chi connectivity index (χ4n) is 2.79. The van der Waals surface area contributed by atoms with Gasteiger partial charge in [0, 0.05) is 11.2 Å². The van der Waals surface area contributed by atoms with Crippen LogP contribution in [-0.2, 0) is 19.5 Å². The van der Waals surface area contributed by atoms with E-state index >= 15 is 0 Å². The molecule has 1 aliphatic rings. The number of imidazole rings is 1. The van der Waals surface area contributed by atoms with Crippen LogP contribution in [0, 0.1) is 10.1 Å². The van der Waals surface area contributed by atoms with Gasteiger partial charge in [0.1, 0.15) is 11.8 Å². The molecular formula is C14H20N6O3. The molecule has 124 valence electrons. The van der Waals surface area contributed by atoms with E-state index in [9.17, 15) is 10.1 Å². The average Bonchev–Trinajstić information content (AvgIpc) is 3.13. The Kier molecular flexibility index (Phi) is 4.01. The highest BCUT2D eigenvalue weighted by Crippen LogP contribution is 2.31. The second-order valence-electron chi connectivity index (χ2n) is 6.18. The van der Waals surface area contributed by atoms with Crippen molar-refractivity contribution in [1.82, 2.24) is 24.5 Å². The van der Waals surface area contributed by atoms with Crippen molar-refractivity contribution in [1.29, 1.82) is 0 Å². The van der Waals surface area contributed by atoms with Gasteiger partial charge < -0.3 is 14.9 Å². The number of hydrogen-bond acceptors (Lipinski definition) is 6. The molecule has 2 aromatic heterocycles. The summed E-state index contributed by atoms with van der Waals surface area (Å²) in [7, 11) is 0. The summed E-state index contributed by atoms with van der Waals surface area (Å²) in [5, 5.41) is 19.0. The van der Waals surface area contributed by atoms with Crippen molar-refractivity contribution in [3.63, 3.8) is 0 Å². The van der Waals surface area contributed by atoms with E-state index in [-0.39, 0.29) is 11.8 Å². The fourth-order valence-corrected chi connectivity index (χ4v) is 2.79. The zero-order valence-electron chi connectivity index (χ0n) is 13.3. The molecular weight excluding hydrogens is 300 g/mol. The first kappa shape index (κ1) is 15.4. The standard InChI is InChI=1S/C14H20N6O3/c1-3-4-5-6-11-7-19(17-16-11)10-14(2)9-18-8-12(20(21)22)15-13(18)23-14/h7-8H,3-6,9-10H2,1-2H3/t14-/m1/s1. The molecule has 3 rings (SSSR count). The van der Waals surface area contributed by atoms with Crippen LogP contribution in [-0.4, -0.2) is 35.1 Å². The van der Waals surface area contributed by atoms with Crippen LogP contribution in [0.4, 0.5) is 5.82 Å². The first-order valence-electron chi connectivity index (χ1n) is 7.79. The summed E-state index contributed by atoms with van der Waals surface area (Å²) >= 11 is 0. The molecule has 2 aromatic rings. The minimum absolute atomic E-state index is 0.194. The van der Waals surface area contributed by atoms with Crippen LogP contribution >= 0.6 is 0 Å². The van der Waals surface area contributed by atoms with Gasteiger partial charge in [-0.05, 0) is 24.7 Å². The van der Waals surface area contributed by atoms with Crippen molar-refractivity contribution in [2.24, 2.45) is 0 Å². The molecule has 23 heavy (non-hydrogen) atoms. The number of unbranched alkanes of at least 4 members (excludes halogenated alkanes) is 2. The van der Waals surface area contributed by atoms with Crippen LogP contribution in [0.5, 0.6) is 6.01 Å². The van der Waals surface area contributed by atoms with E-state index < -0.39 is 10.5 Å². The first-order chi connectivity index (χ1) is 11.0. The SMILES string of the molecule is CCCCCc1cn(C[C@@]2(C)Cn3cc([N+](=O)[O-])nc3O2)nn1. The van der Waals surface area contributed by atoms with E-state index in [1.165, 1.54) is 19.0 Å². The van der Waals surface area contributed by atoms with Crippen molar-refractivity contribution in [2.75, 3.05) is 0 Å². The maximum Gasteiger partial charge on any atom is 0.415 e. The zero-order valence-corrected chi connectivity index (χ0v) is 13.3. The van der Waals surface area contributed by atoms with Crippen molar-refractivity contribution in [3.05, 3.63) is 28.2 Å². The highest BCUT2D eigenvalue weighted by atomic mass is 16.6. The molecule has 0 radical (unpaired) electrons. The average molecular weight is 320 g/mol. The minimum Gasteiger partial charge on any atom is -0.436 e. The number of hydrogen-bond donors (Lipinski definition) is 0. The van der Waals surface area contributed by atoms with Gasteiger partial charge in [-0.2, -0.15) is 0 Å². The summed E-state index contributed by atoms with van der Waals surface area (Å²) in [6.07, 6.45) is 7.75. The van der Waals surface area contributed by atoms with Gasteiger partial charge in [0.05, 0.1) is 18.8 Å². The number of ether oxygens (including phenoxy) is 1. The van der Waals surface area contributed by atoms with E-state index in [0.717, 1.165) is 18.5 Å². The fraction of sp³-hybridized carbons (Fsp3) is 0.643. The van der Waals surface area contributed by atoms with Crippen LogP contribution in [0.25, 0.3) is 0 Å². The van der Waals surface area contributed by atoms with Crippen molar-refractivity contribution >= 4 is 5.82 Å². The molecule has 0 saturated carbocycles. The number of fused-ring (bicyclic) bond motifs is 1. The zero-order chi connectivity index (χ0) is 16.4. The quantitative estimate of drug-likeness (QED) is 0.439. The van der Waals surface area contributed by atoms with Gasteiger partial charge in [0.2, 0.25) is 0 Å². The minimum atomic E-state index is -0.536. The van der Waals surface area contributed by atoms with Gasteiger partial charge in [-0.1, -0.05) is 25.0 Å². The second kappa shape index (κ2) is 5.98.